The number of piperazine rings is 1. The highest BCUT2D eigenvalue weighted by molar-refractivity contribution is 5.78. The van der Waals surface area contributed by atoms with Crippen molar-refractivity contribution in [3.8, 4) is 6.07 Å². The minimum Gasteiger partial charge on any atom is -0.355 e. The summed E-state index contributed by atoms with van der Waals surface area (Å²) in [5.74, 6) is 0.591. The van der Waals surface area contributed by atoms with Gasteiger partial charge in [0.05, 0.1) is 18.7 Å². The lowest BCUT2D eigenvalue weighted by molar-refractivity contribution is -0.122. The molecule has 0 saturated carbocycles. The Morgan fingerprint density at radius 2 is 1.89 bits per heavy atom. The second-order valence-corrected chi connectivity index (χ2v) is 5.32. The van der Waals surface area contributed by atoms with Crippen molar-refractivity contribution < 1.29 is 4.79 Å². The molecule has 0 aliphatic carbocycles. The minimum atomic E-state index is -0.0260. The third-order valence-electron chi connectivity index (χ3n) is 3.22. The highest BCUT2D eigenvalue weighted by Gasteiger charge is 2.21. The van der Waals surface area contributed by atoms with E-state index in [0.29, 0.717) is 12.5 Å². The van der Waals surface area contributed by atoms with E-state index in [4.69, 9.17) is 5.26 Å². The Balaban J connectivity index is 2.23. The first kappa shape index (κ1) is 14.9. The Morgan fingerprint density at radius 3 is 2.39 bits per heavy atom. The summed E-state index contributed by atoms with van der Waals surface area (Å²) in [5, 5.41) is 11.8. The molecule has 0 aromatic rings. The summed E-state index contributed by atoms with van der Waals surface area (Å²) >= 11 is 0. The molecule has 5 nitrogen and oxygen atoms in total. The monoisotopic (exact) mass is 252 g/mol. The van der Waals surface area contributed by atoms with Gasteiger partial charge in [-0.05, 0) is 12.8 Å². The van der Waals surface area contributed by atoms with Crippen molar-refractivity contribution >= 4 is 5.91 Å². The van der Waals surface area contributed by atoms with Gasteiger partial charge in [-0.25, -0.2) is 0 Å². The van der Waals surface area contributed by atoms with Crippen LogP contribution in [0.25, 0.3) is 0 Å². The van der Waals surface area contributed by atoms with Crippen LogP contribution < -0.4 is 5.32 Å². The van der Waals surface area contributed by atoms with Gasteiger partial charge in [-0.3, -0.25) is 14.6 Å². The number of hydrogen-bond donors (Lipinski definition) is 1. The van der Waals surface area contributed by atoms with Gasteiger partial charge in [0, 0.05) is 32.7 Å². The summed E-state index contributed by atoms with van der Waals surface area (Å²) in [4.78, 5) is 16.0. The fourth-order valence-corrected chi connectivity index (χ4v) is 1.97. The topological polar surface area (TPSA) is 59.4 Å². The van der Waals surface area contributed by atoms with E-state index in [2.05, 4.69) is 35.0 Å². The Morgan fingerprint density at radius 1 is 1.28 bits per heavy atom. The number of nitrogens with one attached hydrogen (secondary N) is 1. The smallest absolute Gasteiger partial charge is 0.234 e. The minimum absolute atomic E-state index is 0.0260. The molecule has 0 aromatic heterocycles. The normalized spacial score (nSPS) is 19.5. The molecule has 1 saturated heterocycles. The van der Waals surface area contributed by atoms with E-state index >= 15 is 0 Å². The van der Waals surface area contributed by atoms with Crippen LogP contribution in [0.3, 0.4) is 0 Å². The highest BCUT2D eigenvalue weighted by Crippen LogP contribution is 2.05. The molecule has 0 spiro atoms. The maximum atomic E-state index is 11.7. The van der Waals surface area contributed by atoms with E-state index in [0.717, 1.165) is 32.7 Å². The molecule has 1 amide bonds. The molecule has 1 heterocycles. The molecular formula is C13H24N4O. The number of nitrogens with zero attached hydrogens (tertiary/aromatic N) is 3. The molecule has 1 rings (SSSR count). The van der Waals surface area contributed by atoms with Crippen LogP contribution in [0.15, 0.2) is 0 Å². The standard InChI is InChI=1S/C13H24N4O/c1-11(2)9-15-13(18)10-16-4-6-17(7-5-16)12(3)8-14/h11-12H,4-7,9-10H2,1-3H3,(H,15,18). The second kappa shape index (κ2) is 7.34. The van der Waals surface area contributed by atoms with Gasteiger partial charge in [-0.2, -0.15) is 5.26 Å². The van der Waals surface area contributed by atoms with E-state index in [1.54, 1.807) is 0 Å². The van der Waals surface area contributed by atoms with Gasteiger partial charge in [0.2, 0.25) is 5.91 Å². The molecule has 5 heteroatoms. The lowest BCUT2D eigenvalue weighted by Gasteiger charge is -2.35. The molecule has 0 aromatic carbocycles. The number of amides is 1. The van der Waals surface area contributed by atoms with Crippen molar-refractivity contribution in [1.82, 2.24) is 15.1 Å². The summed E-state index contributed by atoms with van der Waals surface area (Å²) in [6, 6.07) is 2.23. The van der Waals surface area contributed by atoms with Crippen LogP contribution in [-0.4, -0.2) is 61.0 Å². The summed E-state index contributed by atoms with van der Waals surface area (Å²) in [5.41, 5.74) is 0. The average Bonchev–Trinajstić information content (AvgIpc) is 2.36. The molecule has 1 atom stereocenters. The third-order valence-corrected chi connectivity index (χ3v) is 3.22. The van der Waals surface area contributed by atoms with Crippen molar-refractivity contribution in [3.05, 3.63) is 0 Å². The molecule has 18 heavy (non-hydrogen) atoms. The molecule has 1 N–H and O–H groups in total. The van der Waals surface area contributed by atoms with E-state index < -0.39 is 0 Å². The zero-order valence-electron chi connectivity index (χ0n) is 11.6. The fourth-order valence-electron chi connectivity index (χ4n) is 1.97. The number of hydrogen-bond acceptors (Lipinski definition) is 4. The zero-order chi connectivity index (χ0) is 13.5. The maximum absolute atomic E-state index is 11.7. The van der Waals surface area contributed by atoms with Crippen molar-refractivity contribution in [3.63, 3.8) is 0 Å². The molecule has 1 aliphatic heterocycles. The highest BCUT2D eigenvalue weighted by atomic mass is 16.2. The molecule has 0 radical (unpaired) electrons. The first-order valence-corrected chi connectivity index (χ1v) is 6.65. The van der Waals surface area contributed by atoms with E-state index in [9.17, 15) is 4.79 Å². The number of nitriles is 1. The average molecular weight is 252 g/mol. The lowest BCUT2D eigenvalue weighted by atomic mass is 10.2. The van der Waals surface area contributed by atoms with Crippen LogP contribution in [-0.2, 0) is 4.79 Å². The Hall–Kier alpha value is -1.12. The molecular weight excluding hydrogens is 228 g/mol. The Kier molecular flexibility index (Phi) is 6.10. The van der Waals surface area contributed by atoms with Gasteiger partial charge in [-0.1, -0.05) is 13.8 Å². The molecule has 1 aliphatic rings. The van der Waals surface area contributed by atoms with Crippen LogP contribution >= 0.6 is 0 Å². The molecule has 1 unspecified atom stereocenters. The van der Waals surface area contributed by atoms with Gasteiger partial charge >= 0.3 is 0 Å². The van der Waals surface area contributed by atoms with Crippen LogP contribution in [0, 0.1) is 17.2 Å². The predicted molar refractivity (Wildman–Crippen MR) is 70.9 cm³/mol. The van der Waals surface area contributed by atoms with Crippen molar-refractivity contribution in [2.24, 2.45) is 5.92 Å². The lowest BCUT2D eigenvalue weighted by Crippen LogP contribution is -2.51. The third kappa shape index (κ3) is 5.03. The maximum Gasteiger partial charge on any atom is 0.234 e. The largest absolute Gasteiger partial charge is 0.355 e. The Labute approximate surface area is 110 Å². The van der Waals surface area contributed by atoms with Crippen LogP contribution in [0.2, 0.25) is 0 Å². The SMILES string of the molecule is CC(C)CNC(=O)CN1CCN(C(C)C#N)CC1. The zero-order valence-corrected chi connectivity index (χ0v) is 11.6. The van der Waals surface area contributed by atoms with Crippen LogP contribution in [0.5, 0.6) is 0 Å². The first-order chi connectivity index (χ1) is 8.52. The number of carbonyl (C=O) groups excluding carboxylic acids is 1. The van der Waals surface area contributed by atoms with E-state index in [1.807, 2.05) is 6.92 Å². The molecule has 102 valence electrons. The van der Waals surface area contributed by atoms with Crippen LogP contribution in [0.1, 0.15) is 20.8 Å². The molecule has 1 fully saturated rings. The first-order valence-electron chi connectivity index (χ1n) is 6.65. The molecule has 0 bridgehead atoms. The van der Waals surface area contributed by atoms with E-state index in [1.165, 1.54) is 0 Å². The number of rotatable bonds is 5. The quantitative estimate of drug-likeness (QED) is 0.764. The van der Waals surface area contributed by atoms with E-state index in [-0.39, 0.29) is 11.9 Å². The number of carbonyl (C=O) groups is 1. The van der Waals surface area contributed by atoms with Gasteiger partial charge < -0.3 is 5.32 Å². The summed E-state index contributed by atoms with van der Waals surface area (Å²) in [6.45, 7) is 10.8. The second-order valence-electron chi connectivity index (χ2n) is 5.32. The van der Waals surface area contributed by atoms with Gasteiger partial charge in [0.25, 0.3) is 0 Å². The van der Waals surface area contributed by atoms with Crippen molar-refractivity contribution in [1.29, 1.82) is 5.26 Å². The predicted octanol–water partition coefficient (Wildman–Crippen LogP) is 0.288. The van der Waals surface area contributed by atoms with Crippen molar-refractivity contribution in [2.75, 3.05) is 39.3 Å². The summed E-state index contributed by atoms with van der Waals surface area (Å²) < 4.78 is 0. The van der Waals surface area contributed by atoms with Gasteiger partial charge in [-0.15, -0.1) is 0 Å². The van der Waals surface area contributed by atoms with Crippen molar-refractivity contribution in [2.45, 2.75) is 26.8 Å². The summed E-state index contributed by atoms with van der Waals surface area (Å²) in [7, 11) is 0. The van der Waals surface area contributed by atoms with Gasteiger partial charge in [0.15, 0.2) is 0 Å². The van der Waals surface area contributed by atoms with Crippen LogP contribution in [0.4, 0.5) is 0 Å². The fraction of sp³-hybridized carbons (Fsp3) is 0.846. The Bertz CT molecular complexity index is 303. The summed E-state index contributed by atoms with van der Waals surface area (Å²) in [6.07, 6.45) is 0. The van der Waals surface area contributed by atoms with Gasteiger partial charge in [0.1, 0.15) is 0 Å².